The molecule has 0 amide bonds. The molecule has 1 heterocycles. The van der Waals surface area contributed by atoms with Crippen LogP contribution in [0.3, 0.4) is 0 Å². The van der Waals surface area contributed by atoms with Crippen LogP contribution in [0.4, 0.5) is 8.78 Å². The summed E-state index contributed by atoms with van der Waals surface area (Å²) in [4.78, 5) is 3.89. The predicted octanol–water partition coefficient (Wildman–Crippen LogP) is 2.56. The second-order valence-electron chi connectivity index (χ2n) is 5.08. The van der Waals surface area contributed by atoms with Crippen LogP contribution < -0.4 is 5.73 Å². The predicted molar refractivity (Wildman–Crippen MR) is 67.6 cm³/mol. The summed E-state index contributed by atoms with van der Waals surface area (Å²) >= 11 is 0. The molecule has 2 N–H and O–H groups in total. The number of rotatable bonds is 6. The van der Waals surface area contributed by atoms with Crippen molar-refractivity contribution in [3.63, 3.8) is 0 Å². The normalized spacial score (nSPS) is 24.0. The second-order valence-corrected chi connectivity index (χ2v) is 5.08. The number of hydrogen-bond acceptors (Lipinski definition) is 3. The number of halogens is 2. The van der Waals surface area contributed by atoms with Crippen molar-refractivity contribution >= 4 is 0 Å². The summed E-state index contributed by atoms with van der Waals surface area (Å²) < 4.78 is 31.6. The Hall–Kier alpha value is -1.01. The van der Waals surface area contributed by atoms with Gasteiger partial charge in [-0.2, -0.15) is 8.78 Å². The van der Waals surface area contributed by atoms with Gasteiger partial charge in [-0.1, -0.05) is 12.8 Å². The van der Waals surface area contributed by atoms with Crippen molar-refractivity contribution in [3.05, 3.63) is 18.2 Å². The Morgan fingerprint density at radius 1 is 1.37 bits per heavy atom. The zero-order chi connectivity index (χ0) is 13.7. The molecule has 2 atom stereocenters. The van der Waals surface area contributed by atoms with Gasteiger partial charge < -0.3 is 10.5 Å². The van der Waals surface area contributed by atoms with Gasteiger partial charge in [-0.05, 0) is 31.2 Å². The minimum absolute atomic E-state index is 0.130. The van der Waals surface area contributed by atoms with Crippen LogP contribution in [0.15, 0.2) is 12.4 Å². The van der Waals surface area contributed by atoms with Gasteiger partial charge in [0.25, 0.3) is 0 Å². The molecule has 0 saturated heterocycles. The average molecular weight is 273 g/mol. The number of nitrogens with zero attached hydrogens (tertiary/aromatic N) is 2. The van der Waals surface area contributed by atoms with Crippen LogP contribution in [0.5, 0.6) is 0 Å². The molecule has 108 valence electrons. The maximum atomic E-state index is 12.6. The van der Waals surface area contributed by atoms with E-state index >= 15 is 0 Å². The van der Waals surface area contributed by atoms with Gasteiger partial charge in [-0.25, -0.2) is 4.98 Å². The second kappa shape index (κ2) is 6.96. The van der Waals surface area contributed by atoms with Crippen molar-refractivity contribution in [2.75, 3.05) is 13.2 Å². The van der Waals surface area contributed by atoms with E-state index in [1.807, 2.05) is 0 Å². The maximum absolute atomic E-state index is 12.6. The van der Waals surface area contributed by atoms with Crippen LogP contribution in [-0.2, 0) is 11.3 Å². The van der Waals surface area contributed by atoms with E-state index in [0.29, 0.717) is 25.0 Å². The SMILES string of the molecule is NCC1CCCCC1COCc1nccn1C(F)F. The summed E-state index contributed by atoms with van der Waals surface area (Å²) in [6.45, 7) is -1.17. The largest absolute Gasteiger partial charge is 0.373 e. The number of hydrogen-bond donors (Lipinski definition) is 1. The maximum Gasteiger partial charge on any atom is 0.320 e. The molecule has 0 bridgehead atoms. The Kier molecular flexibility index (Phi) is 5.27. The highest BCUT2D eigenvalue weighted by atomic mass is 19.3. The van der Waals surface area contributed by atoms with Gasteiger partial charge in [0.2, 0.25) is 0 Å². The molecule has 4 nitrogen and oxygen atoms in total. The summed E-state index contributed by atoms with van der Waals surface area (Å²) in [6.07, 6.45) is 7.34. The lowest BCUT2D eigenvalue weighted by Crippen LogP contribution is -2.30. The molecule has 1 aliphatic carbocycles. The number of nitrogens with two attached hydrogens (primary N) is 1. The van der Waals surface area contributed by atoms with E-state index in [1.165, 1.54) is 25.2 Å². The van der Waals surface area contributed by atoms with Crippen LogP contribution in [-0.4, -0.2) is 22.7 Å². The fraction of sp³-hybridized carbons (Fsp3) is 0.769. The van der Waals surface area contributed by atoms with E-state index in [-0.39, 0.29) is 12.4 Å². The first kappa shape index (κ1) is 14.4. The lowest BCUT2D eigenvalue weighted by Gasteiger charge is -2.30. The quantitative estimate of drug-likeness (QED) is 0.866. The van der Waals surface area contributed by atoms with E-state index in [4.69, 9.17) is 10.5 Å². The van der Waals surface area contributed by atoms with E-state index in [9.17, 15) is 8.78 Å². The minimum atomic E-state index is -2.56. The van der Waals surface area contributed by atoms with Crippen LogP contribution in [0.2, 0.25) is 0 Å². The Morgan fingerprint density at radius 2 is 2.11 bits per heavy atom. The number of imidazole rings is 1. The highest BCUT2D eigenvalue weighted by Gasteiger charge is 2.24. The average Bonchev–Trinajstić information content (AvgIpc) is 2.88. The van der Waals surface area contributed by atoms with Gasteiger partial charge in [0, 0.05) is 12.4 Å². The van der Waals surface area contributed by atoms with Crippen molar-refractivity contribution in [2.45, 2.75) is 38.8 Å². The van der Waals surface area contributed by atoms with Gasteiger partial charge in [-0.15, -0.1) is 0 Å². The minimum Gasteiger partial charge on any atom is -0.373 e. The first-order valence-electron chi connectivity index (χ1n) is 6.80. The molecular formula is C13H21F2N3O. The Bertz CT molecular complexity index is 384. The molecule has 0 aromatic carbocycles. The number of alkyl halides is 2. The molecule has 0 aliphatic heterocycles. The summed E-state index contributed by atoms with van der Waals surface area (Å²) in [5.41, 5.74) is 5.75. The molecule has 19 heavy (non-hydrogen) atoms. The van der Waals surface area contributed by atoms with Crippen molar-refractivity contribution in [1.82, 2.24) is 9.55 Å². The Balaban J connectivity index is 1.80. The lowest BCUT2D eigenvalue weighted by atomic mass is 9.80. The van der Waals surface area contributed by atoms with Crippen LogP contribution in [0.25, 0.3) is 0 Å². The summed E-state index contributed by atoms with van der Waals surface area (Å²) in [6, 6.07) is 0. The van der Waals surface area contributed by atoms with Crippen LogP contribution in [0.1, 0.15) is 38.1 Å². The van der Waals surface area contributed by atoms with E-state index < -0.39 is 6.55 Å². The Morgan fingerprint density at radius 3 is 2.79 bits per heavy atom. The molecule has 1 fully saturated rings. The molecular weight excluding hydrogens is 252 g/mol. The monoisotopic (exact) mass is 273 g/mol. The first-order valence-corrected chi connectivity index (χ1v) is 6.80. The highest BCUT2D eigenvalue weighted by Crippen LogP contribution is 2.29. The van der Waals surface area contributed by atoms with Gasteiger partial charge in [0.15, 0.2) is 0 Å². The molecule has 2 rings (SSSR count). The van der Waals surface area contributed by atoms with E-state index in [1.54, 1.807) is 0 Å². The third-order valence-corrected chi connectivity index (χ3v) is 3.89. The zero-order valence-corrected chi connectivity index (χ0v) is 11.0. The Labute approximate surface area is 111 Å². The summed E-state index contributed by atoms with van der Waals surface area (Å²) in [5.74, 6) is 1.23. The molecule has 1 aromatic rings. The van der Waals surface area contributed by atoms with Crippen molar-refractivity contribution in [1.29, 1.82) is 0 Å². The molecule has 0 radical (unpaired) electrons. The molecule has 1 aliphatic rings. The van der Waals surface area contributed by atoms with Crippen LogP contribution >= 0.6 is 0 Å². The zero-order valence-electron chi connectivity index (χ0n) is 11.0. The number of aromatic nitrogens is 2. The number of ether oxygens (including phenoxy) is 1. The first-order chi connectivity index (χ1) is 9.22. The third kappa shape index (κ3) is 3.73. The topological polar surface area (TPSA) is 53.1 Å². The summed E-state index contributed by atoms with van der Waals surface area (Å²) in [7, 11) is 0. The molecule has 2 unspecified atom stereocenters. The molecule has 0 spiro atoms. The van der Waals surface area contributed by atoms with E-state index in [2.05, 4.69) is 4.98 Å². The van der Waals surface area contributed by atoms with E-state index in [0.717, 1.165) is 17.4 Å². The fourth-order valence-electron chi connectivity index (χ4n) is 2.75. The van der Waals surface area contributed by atoms with Gasteiger partial charge >= 0.3 is 6.55 Å². The smallest absolute Gasteiger partial charge is 0.320 e. The molecule has 1 aromatic heterocycles. The molecule has 1 saturated carbocycles. The lowest BCUT2D eigenvalue weighted by molar-refractivity contribution is 0.0301. The third-order valence-electron chi connectivity index (χ3n) is 3.89. The van der Waals surface area contributed by atoms with Gasteiger partial charge in [-0.3, -0.25) is 4.57 Å². The standard InChI is InChI=1S/C13H21F2N3O/c14-13(15)18-6-5-17-12(18)9-19-8-11-4-2-1-3-10(11)7-16/h5-6,10-11,13H,1-4,7-9,16H2. The van der Waals surface area contributed by atoms with Crippen molar-refractivity contribution in [3.8, 4) is 0 Å². The highest BCUT2D eigenvalue weighted by molar-refractivity contribution is 4.90. The molecule has 6 heteroatoms. The fourth-order valence-corrected chi connectivity index (χ4v) is 2.75. The van der Waals surface area contributed by atoms with Gasteiger partial charge in [0.05, 0.1) is 6.61 Å². The summed E-state index contributed by atoms with van der Waals surface area (Å²) in [5, 5.41) is 0. The van der Waals surface area contributed by atoms with Gasteiger partial charge in [0.1, 0.15) is 12.4 Å². The van der Waals surface area contributed by atoms with Crippen molar-refractivity contribution in [2.24, 2.45) is 17.6 Å². The van der Waals surface area contributed by atoms with Crippen molar-refractivity contribution < 1.29 is 13.5 Å². The van der Waals surface area contributed by atoms with Crippen LogP contribution in [0, 0.1) is 11.8 Å².